The second-order valence-electron chi connectivity index (χ2n) is 6.73. The molecule has 2 atom stereocenters. The Balaban J connectivity index is 1.37. The number of rotatable bonds is 3. The Morgan fingerprint density at radius 2 is 1.92 bits per heavy atom. The Bertz CT molecular complexity index is 772. The molecule has 3 N–H and O–H groups in total. The number of amides is 2. The van der Waals surface area contributed by atoms with E-state index in [1.165, 1.54) is 24.0 Å². The zero-order valence-corrected chi connectivity index (χ0v) is 13.6. The molecule has 2 amide bonds. The van der Waals surface area contributed by atoms with Crippen LogP contribution in [0.4, 0.5) is 4.79 Å². The summed E-state index contributed by atoms with van der Waals surface area (Å²) >= 11 is 0. The lowest BCUT2D eigenvalue weighted by Gasteiger charge is -2.18. The number of carbonyl (C=O) groups excluding carboxylic acids is 1. The van der Waals surface area contributed by atoms with Gasteiger partial charge in [0.1, 0.15) is 0 Å². The second-order valence-corrected chi connectivity index (χ2v) is 6.73. The van der Waals surface area contributed by atoms with E-state index >= 15 is 0 Å². The van der Waals surface area contributed by atoms with Gasteiger partial charge in [0, 0.05) is 13.0 Å². The molecule has 4 nitrogen and oxygen atoms in total. The molecule has 0 aliphatic heterocycles. The Kier molecular flexibility index (Phi) is 3.98. The van der Waals surface area contributed by atoms with E-state index in [9.17, 15) is 9.90 Å². The van der Waals surface area contributed by atoms with Crippen LogP contribution < -0.4 is 10.6 Å². The summed E-state index contributed by atoms with van der Waals surface area (Å²) in [5.74, 6) is 0. The monoisotopic (exact) mass is 322 g/mol. The van der Waals surface area contributed by atoms with Crippen LogP contribution in [0.25, 0.3) is 0 Å². The number of aliphatic hydroxyl groups excluding tert-OH is 1. The van der Waals surface area contributed by atoms with Gasteiger partial charge >= 0.3 is 6.03 Å². The third kappa shape index (κ3) is 2.89. The number of hydrogen-bond acceptors (Lipinski definition) is 2. The van der Waals surface area contributed by atoms with Crippen LogP contribution in [0, 0.1) is 0 Å². The maximum atomic E-state index is 12.2. The fraction of sp³-hybridized carbons (Fsp3) is 0.350. The Morgan fingerprint density at radius 3 is 2.83 bits per heavy atom. The number of nitrogens with one attached hydrogen (secondary N) is 2. The molecule has 2 aliphatic carbocycles. The van der Waals surface area contributed by atoms with Crippen LogP contribution >= 0.6 is 0 Å². The molecule has 24 heavy (non-hydrogen) atoms. The molecular weight excluding hydrogens is 300 g/mol. The minimum atomic E-state index is -0.562. The Hall–Kier alpha value is -2.33. The quantitative estimate of drug-likeness (QED) is 0.813. The molecule has 124 valence electrons. The maximum absolute atomic E-state index is 12.2. The molecule has 2 aromatic rings. The predicted octanol–water partition coefficient (Wildman–Crippen LogP) is 2.63. The SMILES string of the molecule is O=C(NCc1ccc2c(c1)CCC2)N[C@@H]1c2ccccc2C[C@@H]1O. The van der Waals surface area contributed by atoms with Crippen LogP contribution in [0.1, 0.15) is 40.3 Å². The van der Waals surface area contributed by atoms with Crippen LogP contribution in [0.15, 0.2) is 42.5 Å². The summed E-state index contributed by atoms with van der Waals surface area (Å²) in [5.41, 5.74) is 6.09. The summed E-state index contributed by atoms with van der Waals surface area (Å²) in [6.07, 6.45) is 3.56. The first-order chi connectivity index (χ1) is 11.7. The van der Waals surface area contributed by atoms with Crippen molar-refractivity contribution in [2.75, 3.05) is 0 Å². The number of benzene rings is 2. The molecule has 0 fully saturated rings. The molecule has 2 aliphatic rings. The molecule has 4 heteroatoms. The van der Waals surface area contributed by atoms with Crippen molar-refractivity contribution in [2.45, 2.75) is 44.4 Å². The fourth-order valence-electron chi connectivity index (χ4n) is 3.86. The number of carbonyl (C=O) groups is 1. The van der Waals surface area contributed by atoms with Crippen molar-refractivity contribution in [3.05, 3.63) is 70.3 Å². The zero-order valence-electron chi connectivity index (χ0n) is 13.6. The van der Waals surface area contributed by atoms with Crippen LogP contribution in [0.2, 0.25) is 0 Å². The lowest BCUT2D eigenvalue weighted by atomic mass is 10.1. The molecule has 0 unspecified atom stereocenters. The third-order valence-corrected chi connectivity index (χ3v) is 5.11. The average molecular weight is 322 g/mol. The van der Waals surface area contributed by atoms with Gasteiger partial charge < -0.3 is 15.7 Å². The first-order valence-corrected chi connectivity index (χ1v) is 8.61. The van der Waals surface area contributed by atoms with Crippen LogP contribution in [-0.2, 0) is 25.8 Å². The molecule has 0 aromatic heterocycles. The summed E-state index contributed by atoms with van der Waals surface area (Å²) in [4.78, 5) is 12.2. The largest absolute Gasteiger partial charge is 0.390 e. The molecule has 0 bridgehead atoms. The van der Waals surface area contributed by atoms with Gasteiger partial charge in [-0.15, -0.1) is 0 Å². The second kappa shape index (κ2) is 6.29. The number of fused-ring (bicyclic) bond motifs is 2. The zero-order chi connectivity index (χ0) is 16.5. The van der Waals surface area contributed by atoms with Crippen molar-refractivity contribution < 1.29 is 9.90 Å². The molecule has 0 spiro atoms. The Morgan fingerprint density at radius 1 is 1.08 bits per heavy atom. The number of aryl methyl sites for hydroxylation is 2. The van der Waals surface area contributed by atoms with Gasteiger partial charge in [-0.1, -0.05) is 42.5 Å². The Labute approximate surface area is 141 Å². The maximum Gasteiger partial charge on any atom is 0.315 e. The van der Waals surface area contributed by atoms with Gasteiger partial charge in [-0.05, 0) is 47.1 Å². The minimum Gasteiger partial charge on any atom is -0.390 e. The van der Waals surface area contributed by atoms with Gasteiger partial charge in [0.05, 0.1) is 12.1 Å². The normalized spacial score (nSPS) is 21.2. The van der Waals surface area contributed by atoms with Crippen LogP contribution in [0.3, 0.4) is 0 Å². The molecular formula is C20H22N2O2. The molecule has 0 saturated heterocycles. The highest BCUT2D eigenvalue weighted by Gasteiger charge is 2.31. The van der Waals surface area contributed by atoms with Crippen LogP contribution in [-0.4, -0.2) is 17.2 Å². The van der Waals surface area contributed by atoms with Crippen molar-refractivity contribution in [1.82, 2.24) is 10.6 Å². The van der Waals surface area contributed by atoms with Crippen molar-refractivity contribution in [1.29, 1.82) is 0 Å². The molecule has 4 rings (SSSR count). The molecule has 0 saturated carbocycles. The van der Waals surface area contributed by atoms with Crippen LogP contribution in [0.5, 0.6) is 0 Å². The summed E-state index contributed by atoms with van der Waals surface area (Å²) < 4.78 is 0. The smallest absolute Gasteiger partial charge is 0.315 e. The van der Waals surface area contributed by atoms with Crippen molar-refractivity contribution in [2.24, 2.45) is 0 Å². The van der Waals surface area contributed by atoms with E-state index in [2.05, 4.69) is 28.8 Å². The predicted molar refractivity (Wildman–Crippen MR) is 92.7 cm³/mol. The number of aliphatic hydroxyl groups is 1. The summed E-state index contributed by atoms with van der Waals surface area (Å²) in [6, 6.07) is 13.8. The molecule has 2 aromatic carbocycles. The molecule has 0 radical (unpaired) electrons. The summed E-state index contributed by atoms with van der Waals surface area (Å²) in [5, 5.41) is 16.0. The van der Waals surface area contributed by atoms with E-state index in [4.69, 9.17) is 0 Å². The van der Waals surface area contributed by atoms with Crippen molar-refractivity contribution in [3.63, 3.8) is 0 Å². The van der Waals surface area contributed by atoms with E-state index < -0.39 is 6.10 Å². The minimum absolute atomic E-state index is 0.240. The van der Waals surface area contributed by atoms with E-state index in [1.54, 1.807) is 0 Å². The van der Waals surface area contributed by atoms with Crippen molar-refractivity contribution >= 4 is 6.03 Å². The fourth-order valence-corrected chi connectivity index (χ4v) is 3.86. The topological polar surface area (TPSA) is 61.4 Å². The van der Waals surface area contributed by atoms with Gasteiger partial charge in [-0.2, -0.15) is 0 Å². The van der Waals surface area contributed by atoms with Gasteiger partial charge in [0.2, 0.25) is 0 Å². The number of urea groups is 1. The van der Waals surface area contributed by atoms with Gasteiger partial charge in [-0.25, -0.2) is 4.79 Å². The van der Waals surface area contributed by atoms with Crippen molar-refractivity contribution in [3.8, 4) is 0 Å². The lowest BCUT2D eigenvalue weighted by molar-refractivity contribution is 0.142. The van der Waals surface area contributed by atoms with Gasteiger partial charge in [0.25, 0.3) is 0 Å². The van der Waals surface area contributed by atoms with E-state index in [-0.39, 0.29) is 12.1 Å². The molecule has 0 heterocycles. The first-order valence-electron chi connectivity index (χ1n) is 8.61. The number of hydrogen-bond donors (Lipinski definition) is 3. The summed E-state index contributed by atoms with van der Waals surface area (Å²) in [7, 11) is 0. The van der Waals surface area contributed by atoms with Gasteiger partial charge in [0.15, 0.2) is 0 Å². The highest BCUT2D eigenvalue weighted by Crippen LogP contribution is 2.31. The van der Waals surface area contributed by atoms with E-state index in [0.717, 1.165) is 23.1 Å². The first kappa shape index (κ1) is 15.2. The van der Waals surface area contributed by atoms with E-state index in [1.807, 2.05) is 24.3 Å². The highest BCUT2D eigenvalue weighted by atomic mass is 16.3. The highest BCUT2D eigenvalue weighted by molar-refractivity contribution is 5.74. The average Bonchev–Trinajstić information content (AvgIpc) is 3.17. The van der Waals surface area contributed by atoms with Gasteiger partial charge in [-0.3, -0.25) is 0 Å². The standard InChI is InChI=1S/C20H22N2O2/c23-18-11-16-4-1-2-7-17(16)19(18)22-20(24)21-12-13-8-9-14-5-3-6-15(14)10-13/h1-2,4,7-10,18-19,23H,3,5-6,11-12H2,(H2,21,22,24)/t18-,19+/m0/s1. The summed E-state index contributed by atoms with van der Waals surface area (Å²) in [6.45, 7) is 0.504. The van der Waals surface area contributed by atoms with E-state index in [0.29, 0.717) is 13.0 Å². The third-order valence-electron chi connectivity index (χ3n) is 5.11. The lowest BCUT2D eigenvalue weighted by Crippen LogP contribution is -2.40.